The van der Waals surface area contributed by atoms with Crippen molar-refractivity contribution in [3.63, 3.8) is 0 Å². The number of hydrogen-bond donors (Lipinski definition) is 1. The number of benzene rings is 1. The van der Waals surface area contributed by atoms with Crippen LogP contribution < -0.4 is 5.73 Å². The summed E-state index contributed by atoms with van der Waals surface area (Å²) in [6.45, 7) is 2.83. The average Bonchev–Trinajstić information content (AvgIpc) is 3.19. The lowest BCUT2D eigenvalue weighted by Crippen LogP contribution is -2.30. The van der Waals surface area contributed by atoms with Gasteiger partial charge in [-0.3, -0.25) is 4.90 Å². The highest BCUT2D eigenvalue weighted by Gasteiger charge is 2.40. The molecule has 0 amide bonds. The first-order chi connectivity index (χ1) is 11.1. The highest BCUT2D eigenvalue weighted by molar-refractivity contribution is 5.33. The van der Waals surface area contributed by atoms with E-state index in [1.54, 1.807) is 6.20 Å². The first-order valence-electron chi connectivity index (χ1n) is 8.08. The molecule has 4 rings (SSSR count). The van der Waals surface area contributed by atoms with E-state index in [-0.39, 0.29) is 5.69 Å². The number of hydrogen-bond acceptors (Lipinski definition) is 3. The molecule has 1 aliphatic heterocycles. The van der Waals surface area contributed by atoms with Crippen molar-refractivity contribution in [1.29, 1.82) is 0 Å². The molecule has 2 aromatic rings. The average molecular weight is 318 g/mol. The molecular formula is C17H20F2N4. The van der Waals surface area contributed by atoms with Crippen LogP contribution in [0.4, 0.5) is 8.78 Å². The quantitative estimate of drug-likeness (QED) is 0.945. The maximum Gasteiger partial charge on any atom is 0.151 e. The van der Waals surface area contributed by atoms with Crippen LogP contribution in [0, 0.1) is 23.5 Å². The summed E-state index contributed by atoms with van der Waals surface area (Å²) in [6, 6.07) is 5.73. The number of rotatable bonds is 3. The molecule has 1 aromatic carbocycles. The van der Waals surface area contributed by atoms with Gasteiger partial charge in [0.25, 0.3) is 0 Å². The highest BCUT2D eigenvalue weighted by atomic mass is 19.1. The largest absolute Gasteiger partial charge is 0.327 e. The van der Waals surface area contributed by atoms with Crippen LogP contribution in [0.15, 0.2) is 30.5 Å². The van der Waals surface area contributed by atoms with E-state index in [2.05, 4.69) is 10.00 Å². The Bertz CT molecular complexity index is 714. The summed E-state index contributed by atoms with van der Waals surface area (Å²) >= 11 is 0. The fourth-order valence-electron chi connectivity index (χ4n) is 4.01. The van der Waals surface area contributed by atoms with Crippen molar-refractivity contribution in [2.75, 3.05) is 13.1 Å². The van der Waals surface area contributed by atoms with Gasteiger partial charge in [-0.05, 0) is 42.9 Å². The summed E-state index contributed by atoms with van der Waals surface area (Å²) in [5, 5.41) is 4.43. The number of fused-ring (bicyclic) bond motifs is 1. The summed E-state index contributed by atoms with van der Waals surface area (Å²) in [4.78, 5) is 2.38. The van der Waals surface area contributed by atoms with E-state index in [0.29, 0.717) is 17.9 Å². The first-order valence-corrected chi connectivity index (χ1v) is 8.08. The van der Waals surface area contributed by atoms with Gasteiger partial charge in [-0.25, -0.2) is 13.5 Å². The minimum atomic E-state index is -0.610. The van der Waals surface area contributed by atoms with Gasteiger partial charge in [-0.1, -0.05) is 0 Å². The molecule has 0 radical (unpaired) electrons. The Labute approximate surface area is 133 Å². The molecule has 0 spiro atoms. The third-order valence-electron chi connectivity index (χ3n) is 5.17. The summed E-state index contributed by atoms with van der Waals surface area (Å²) in [5.74, 6) is 0.119. The van der Waals surface area contributed by atoms with Gasteiger partial charge < -0.3 is 5.73 Å². The van der Waals surface area contributed by atoms with Crippen molar-refractivity contribution in [3.05, 3.63) is 47.8 Å². The second kappa shape index (κ2) is 5.69. The third kappa shape index (κ3) is 2.77. The standard InChI is InChI=1S/C17H20F2N4/c18-12-2-4-17(15(19)7-12)23-6-5-13(21-23)9-22-8-11-1-3-16(20)14(11)10-22/h2,4-7,11,14,16H,1,3,8-10,20H2. The molecule has 0 bridgehead atoms. The summed E-state index contributed by atoms with van der Waals surface area (Å²) in [7, 11) is 0. The van der Waals surface area contributed by atoms with E-state index >= 15 is 0 Å². The molecule has 2 aliphatic rings. The highest BCUT2D eigenvalue weighted by Crippen LogP contribution is 2.37. The summed E-state index contributed by atoms with van der Waals surface area (Å²) in [5.41, 5.74) is 7.32. The lowest BCUT2D eigenvalue weighted by atomic mass is 9.98. The van der Waals surface area contributed by atoms with E-state index in [4.69, 9.17) is 5.73 Å². The number of halogens is 2. The zero-order valence-corrected chi connectivity index (χ0v) is 12.8. The van der Waals surface area contributed by atoms with Crippen LogP contribution in [-0.2, 0) is 6.54 Å². The Morgan fingerprint density at radius 2 is 2.04 bits per heavy atom. The van der Waals surface area contributed by atoms with Gasteiger partial charge in [-0.2, -0.15) is 5.10 Å². The van der Waals surface area contributed by atoms with Crippen LogP contribution in [0.2, 0.25) is 0 Å². The van der Waals surface area contributed by atoms with Crippen LogP contribution in [0.3, 0.4) is 0 Å². The van der Waals surface area contributed by atoms with E-state index in [0.717, 1.165) is 37.8 Å². The maximum absolute atomic E-state index is 13.8. The van der Waals surface area contributed by atoms with E-state index in [1.807, 2.05) is 6.07 Å². The third-order valence-corrected chi connectivity index (χ3v) is 5.17. The molecule has 1 saturated carbocycles. The number of nitrogens with two attached hydrogens (primary N) is 1. The molecule has 6 heteroatoms. The number of likely N-dealkylation sites (tertiary alicyclic amines) is 1. The molecule has 3 atom stereocenters. The molecule has 3 unspecified atom stereocenters. The topological polar surface area (TPSA) is 47.1 Å². The van der Waals surface area contributed by atoms with Gasteiger partial charge >= 0.3 is 0 Å². The van der Waals surface area contributed by atoms with Gasteiger partial charge in [-0.15, -0.1) is 0 Å². The minimum absolute atomic E-state index is 0.262. The van der Waals surface area contributed by atoms with Crippen LogP contribution >= 0.6 is 0 Å². The second-order valence-corrected chi connectivity index (χ2v) is 6.71. The van der Waals surface area contributed by atoms with Crippen molar-refractivity contribution in [1.82, 2.24) is 14.7 Å². The van der Waals surface area contributed by atoms with Crippen LogP contribution in [0.5, 0.6) is 0 Å². The molecule has 4 nitrogen and oxygen atoms in total. The van der Waals surface area contributed by atoms with Gasteiger partial charge in [0.05, 0.1) is 5.69 Å². The molecular weight excluding hydrogens is 298 g/mol. The Kier molecular flexibility index (Phi) is 3.66. The molecule has 23 heavy (non-hydrogen) atoms. The monoisotopic (exact) mass is 318 g/mol. The first kappa shape index (κ1) is 14.8. The molecule has 1 aromatic heterocycles. The Hall–Kier alpha value is -1.79. The number of aromatic nitrogens is 2. The van der Waals surface area contributed by atoms with Gasteiger partial charge in [0.2, 0.25) is 0 Å². The van der Waals surface area contributed by atoms with Crippen molar-refractivity contribution in [3.8, 4) is 5.69 Å². The Morgan fingerprint density at radius 3 is 2.83 bits per heavy atom. The van der Waals surface area contributed by atoms with E-state index in [9.17, 15) is 8.78 Å². The van der Waals surface area contributed by atoms with E-state index < -0.39 is 11.6 Å². The normalized spacial score (nSPS) is 27.5. The molecule has 1 aliphatic carbocycles. The molecule has 2 heterocycles. The van der Waals surface area contributed by atoms with Gasteiger partial charge in [0, 0.05) is 37.9 Å². The Balaban J connectivity index is 1.46. The zero-order chi connectivity index (χ0) is 16.0. The maximum atomic E-state index is 13.8. The van der Waals surface area contributed by atoms with Crippen molar-refractivity contribution >= 4 is 0 Å². The lowest BCUT2D eigenvalue weighted by Gasteiger charge is -2.17. The fourth-order valence-corrected chi connectivity index (χ4v) is 4.01. The Morgan fingerprint density at radius 1 is 1.17 bits per heavy atom. The van der Waals surface area contributed by atoms with Gasteiger partial charge in [0.15, 0.2) is 5.82 Å². The van der Waals surface area contributed by atoms with Crippen LogP contribution in [0.25, 0.3) is 5.69 Å². The smallest absolute Gasteiger partial charge is 0.151 e. The number of nitrogens with zero attached hydrogens (tertiary/aromatic N) is 3. The molecule has 2 N–H and O–H groups in total. The van der Waals surface area contributed by atoms with Crippen molar-refractivity contribution < 1.29 is 8.78 Å². The molecule has 122 valence electrons. The lowest BCUT2D eigenvalue weighted by molar-refractivity contribution is 0.294. The van der Waals surface area contributed by atoms with Crippen molar-refractivity contribution in [2.24, 2.45) is 17.6 Å². The zero-order valence-electron chi connectivity index (χ0n) is 12.8. The van der Waals surface area contributed by atoms with Crippen molar-refractivity contribution in [2.45, 2.75) is 25.4 Å². The summed E-state index contributed by atoms with van der Waals surface area (Å²) < 4.78 is 28.3. The van der Waals surface area contributed by atoms with Crippen LogP contribution in [-0.4, -0.2) is 33.8 Å². The molecule has 2 fully saturated rings. The molecule has 1 saturated heterocycles. The van der Waals surface area contributed by atoms with Gasteiger partial charge in [0.1, 0.15) is 11.5 Å². The van der Waals surface area contributed by atoms with E-state index in [1.165, 1.54) is 23.2 Å². The van der Waals surface area contributed by atoms with Crippen LogP contribution in [0.1, 0.15) is 18.5 Å². The predicted octanol–water partition coefficient (Wildman–Crippen LogP) is 2.32. The minimum Gasteiger partial charge on any atom is -0.327 e. The predicted molar refractivity (Wildman–Crippen MR) is 82.9 cm³/mol. The summed E-state index contributed by atoms with van der Waals surface area (Å²) in [6.07, 6.45) is 4.08. The second-order valence-electron chi connectivity index (χ2n) is 6.71. The SMILES string of the molecule is NC1CCC2CN(Cc3ccn(-c4ccc(F)cc4F)n3)CC12. The fraction of sp³-hybridized carbons (Fsp3) is 0.471.